The number of carbonyl (C=O) groups is 3. The lowest BCUT2D eigenvalue weighted by atomic mass is 10.1. The molecule has 0 bridgehead atoms. The molecule has 0 radical (unpaired) electrons. The monoisotopic (exact) mass is 571 g/mol. The van der Waals surface area contributed by atoms with Gasteiger partial charge in [-0.1, -0.05) is 36.4 Å². The van der Waals surface area contributed by atoms with E-state index in [9.17, 15) is 14.4 Å². The van der Waals surface area contributed by atoms with Crippen LogP contribution in [0.4, 0.5) is 5.00 Å². The minimum atomic E-state index is -0.508. The number of esters is 1. The molecule has 2 aromatic heterocycles. The van der Waals surface area contributed by atoms with E-state index < -0.39 is 5.25 Å². The number of aromatic nitrogens is 3. The van der Waals surface area contributed by atoms with Crippen LogP contribution < -0.4 is 15.4 Å². The molecule has 0 unspecified atom stereocenters. The topological polar surface area (TPSA) is 124 Å². The van der Waals surface area contributed by atoms with Gasteiger partial charge in [0.15, 0.2) is 17.6 Å². The number of amides is 2. The molecule has 3 aromatic rings. The maximum atomic E-state index is 13.1. The Morgan fingerprint density at radius 3 is 2.67 bits per heavy atom. The van der Waals surface area contributed by atoms with Gasteiger partial charge in [0.05, 0.1) is 24.0 Å². The minimum absolute atomic E-state index is 0.111. The fourth-order valence-corrected chi connectivity index (χ4v) is 6.28. The standard InChI is InChI=1S/C27H33N5O5S2/c1-4-36-26(35)23-19-13-9-6-10-14-20(19)39-25(23)29-24(34)17(2)38-27-31-30-21(32(27)3)15-28-22(33)16-37-18-11-7-5-8-12-18/h5,7-8,11-12,17H,4,6,9-10,13-16H2,1-3H3,(H,28,33)(H,29,34)/t17-/m1/s1. The van der Waals surface area contributed by atoms with Crippen LogP contribution in [0.1, 0.15) is 59.7 Å². The SMILES string of the molecule is CCOC(=O)c1c(NC(=O)[C@@H](C)Sc2nnc(CNC(=O)COc3ccccc3)n2C)sc2c1CCCCC2. The van der Waals surface area contributed by atoms with E-state index in [0.717, 1.165) is 42.5 Å². The Balaban J connectivity index is 1.35. The number of anilines is 1. The molecule has 2 N–H and O–H groups in total. The van der Waals surface area contributed by atoms with Crippen molar-refractivity contribution in [1.29, 1.82) is 0 Å². The average molecular weight is 572 g/mol. The van der Waals surface area contributed by atoms with Crippen LogP contribution in [0.3, 0.4) is 0 Å². The van der Waals surface area contributed by atoms with Crippen LogP contribution in [0, 0.1) is 0 Å². The Hall–Kier alpha value is -3.38. The van der Waals surface area contributed by atoms with Gasteiger partial charge in [0.2, 0.25) is 5.91 Å². The molecule has 0 saturated carbocycles. The van der Waals surface area contributed by atoms with Crippen LogP contribution in [-0.2, 0) is 40.8 Å². The number of fused-ring (bicyclic) bond motifs is 1. The number of para-hydroxylation sites is 1. The van der Waals surface area contributed by atoms with Crippen molar-refractivity contribution in [2.24, 2.45) is 7.05 Å². The third-order valence-corrected chi connectivity index (χ3v) is 8.61. The van der Waals surface area contributed by atoms with Crippen LogP contribution in [-0.4, -0.2) is 51.0 Å². The van der Waals surface area contributed by atoms with Crippen molar-refractivity contribution < 1.29 is 23.9 Å². The molecule has 208 valence electrons. The number of thiophene rings is 1. The molecule has 0 fully saturated rings. The van der Waals surface area contributed by atoms with Gasteiger partial charge in [-0.25, -0.2) is 4.79 Å². The van der Waals surface area contributed by atoms with E-state index in [4.69, 9.17) is 9.47 Å². The Labute approximate surface area is 235 Å². The first kappa shape index (κ1) is 28.6. The fourth-order valence-electron chi connectivity index (χ4n) is 4.17. The van der Waals surface area contributed by atoms with Gasteiger partial charge in [-0.15, -0.1) is 21.5 Å². The quantitative estimate of drug-likeness (QED) is 0.200. The summed E-state index contributed by atoms with van der Waals surface area (Å²) in [5.41, 5.74) is 1.51. The highest BCUT2D eigenvalue weighted by molar-refractivity contribution is 8.00. The number of ether oxygens (including phenoxy) is 2. The lowest BCUT2D eigenvalue weighted by Crippen LogP contribution is -2.29. The van der Waals surface area contributed by atoms with E-state index in [-0.39, 0.29) is 37.5 Å². The van der Waals surface area contributed by atoms with E-state index in [1.54, 1.807) is 37.6 Å². The maximum absolute atomic E-state index is 13.1. The van der Waals surface area contributed by atoms with Gasteiger partial charge in [0.1, 0.15) is 10.8 Å². The van der Waals surface area contributed by atoms with E-state index in [1.807, 2.05) is 18.2 Å². The lowest BCUT2D eigenvalue weighted by molar-refractivity contribution is -0.123. The summed E-state index contributed by atoms with van der Waals surface area (Å²) in [7, 11) is 1.78. The van der Waals surface area contributed by atoms with Crippen LogP contribution in [0.2, 0.25) is 0 Å². The van der Waals surface area contributed by atoms with Gasteiger partial charge >= 0.3 is 5.97 Å². The summed E-state index contributed by atoms with van der Waals surface area (Å²) in [6.07, 6.45) is 4.94. The number of carbonyl (C=O) groups excluding carboxylic acids is 3. The molecule has 1 aromatic carbocycles. The molecule has 10 nitrogen and oxygen atoms in total. The highest BCUT2D eigenvalue weighted by Gasteiger charge is 2.28. The molecule has 1 aliphatic carbocycles. The van der Waals surface area contributed by atoms with Crippen LogP contribution >= 0.6 is 23.1 Å². The molecular weight excluding hydrogens is 538 g/mol. The number of nitrogens with zero attached hydrogens (tertiary/aromatic N) is 3. The molecule has 12 heteroatoms. The van der Waals surface area contributed by atoms with Crippen molar-refractivity contribution in [3.8, 4) is 5.75 Å². The smallest absolute Gasteiger partial charge is 0.341 e. The van der Waals surface area contributed by atoms with Crippen LogP contribution in [0.25, 0.3) is 0 Å². The van der Waals surface area contributed by atoms with Gasteiger partial charge in [0, 0.05) is 11.9 Å². The number of benzene rings is 1. The van der Waals surface area contributed by atoms with Gasteiger partial charge < -0.3 is 24.7 Å². The summed E-state index contributed by atoms with van der Waals surface area (Å²) in [6, 6.07) is 9.10. The Morgan fingerprint density at radius 2 is 1.90 bits per heavy atom. The summed E-state index contributed by atoms with van der Waals surface area (Å²) in [5.74, 6) is 0.254. The number of nitrogens with one attached hydrogen (secondary N) is 2. The van der Waals surface area contributed by atoms with Crippen molar-refractivity contribution in [1.82, 2.24) is 20.1 Å². The van der Waals surface area contributed by atoms with Gasteiger partial charge in [0.25, 0.3) is 5.91 Å². The van der Waals surface area contributed by atoms with Gasteiger partial charge in [-0.3, -0.25) is 9.59 Å². The second-order valence-corrected chi connectivity index (χ2v) is 11.5. The predicted octanol–water partition coefficient (Wildman–Crippen LogP) is 4.14. The Morgan fingerprint density at radius 1 is 1.13 bits per heavy atom. The van der Waals surface area contributed by atoms with E-state index in [2.05, 4.69) is 20.8 Å². The zero-order valence-electron chi connectivity index (χ0n) is 22.3. The third kappa shape index (κ3) is 7.39. The van der Waals surface area contributed by atoms with Gasteiger partial charge in [-0.05, 0) is 57.2 Å². The number of hydrogen-bond donors (Lipinski definition) is 2. The van der Waals surface area contributed by atoms with Crippen molar-refractivity contribution in [2.45, 2.75) is 62.9 Å². The zero-order valence-corrected chi connectivity index (χ0v) is 24.0. The summed E-state index contributed by atoms with van der Waals surface area (Å²) in [5, 5.41) is 14.7. The lowest BCUT2D eigenvalue weighted by Gasteiger charge is -2.12. The van der Waals surface area contributed by atoms with E-state index in [0.29, 0.717) is 27.3 Å². The van der Waals surface area contributed by atoms with Gasteiger partial charge in [-0.2, -0.15) is 0 Å². The van der Waals surface area contributed by atoms with Crippen LogP contribution in [0.15, 0.2) is 35.5 Å². The normalized spacial score (nSPS) is 13.6. The number of thioether (sulfide) groups is 1. The zero-order chi connectivity index (χ0) is 27.8. The van der Waals surface area contributed by atoms with Crippen LogP contribution in [0.5, 0.6) is 5.75 Å². The molecular formula is C27H33N5O5S2. The largest absolute Gasteiger partial charge is 0.484 e. The molecule has 0 spiro atoms. The number of hydrogen-bond acceptors (Lipinski definition) is 9. The summed E-state index contributed by atoms with van der Waals surface area (Å²) in [6.45, 7) is 3.89. The van der Waals surface area contributed by atoms with Crippen molar-refractivity contribution in [2.75, 3.05) is 18.5 Å². The summed E-state index contributed by atoms with van der Waals surface area (Å²) in [4.78, 5) is 39.3. The fraction of sp³-hybridized carbons (Fsp3) is 0.444. The average Bonchev–Trinajstić information content (AvgIpc) is 3.35. The molecule has 1 aliphatic rings. The second kappa shape index (κ2) is 13.6. The molecule has 1 atom stereocenters. The molecule has 0 saturated heterocycles. The molecule has 0 aliphatic heterocycles. The summed E-state index contributed by atoms with van der Waals surface area (Å²) < 4.78 is 12.5. The predicted molar refractivity (Wildman–Crippen MR) is 150 cm³/mol. The minimum Gasteiger partial charge on any atom is -0.484 e. The van der Waals surface area contributed by atoms with E-state index >= 15 is 0 Å². The maximum Gasteiger partial charge on any atom is 0.341 e. The number of rotatable bonds is 11. The van der Waals surface area contributed by atoms with Crippen molar-refractivity contribution in [3.63, 3.8) is 0 Å². The third-order valence-electron chi connectivity index (χ3n) is 6.27. The van der Waals surface area contributed by atoms with Crippen molar-refractivity contribution >= 4 is 45.9 Å². The first-order chi connectivity index (χ1) is 18.9. The number of aryl methyl sites for hydroxylation is 1. The molecule has 2 heterocycles. The highest BCUT2D eigenvalue weighted by Crippen LogP contribution is 2.38. The first-order valence-corrected chi connectivity index (χ1v) is 14.7. The Bertz CT molecular complexity index is 1310. The molecule has 39 heavy (non-hydrogen) atoms. The Kier molecular flexibility index (Phi) is 9.99. The van der Waals surface area contributed by atoms with E-state index in [1.165, 1.54) is 23.1 Å². The first-order valence-electron chi connectivity index (χ1n) is 13.0. The highest BCUT2D eigenvalue weighted by atomic mass is 32.2. The molecule has 4 rings (SSSR count). The second-order valence-electron chi connectivity index (χ2n) is 9.07. The molecule has 2 amide bonds. The van der Waals surface area contributed by atoms with Crippen molar-refractivity contribution in [3.05, 3.63) is 52.2 Å². The summed E-state index contributed by atoms with van der Waals surface area (Å²) >= 11 is 2.73.